The molecule has 0 spiro atoms. The van der Waals surface area contributed by atoms with Crippen molar-refractivity contribution in [3.05, 3.63) is 24.0 Å². The van der Waals surface area contributed by atoms with Crippen molar-refractivity contribution in [3.8, 4) is 0 Å². The standard InChI is InChI=1S/C18H26FN3O2/c19-13-4-9-17(22-10-2-1-3-11-22)16(12-13)21-18(24)20-14-5-7-15(23)8-6-14/h4,9,12,14-15,23H,1-3,5-8,10-11H2,(H2,20,21,24). The lowest BCUT2D eigenvalue weighted by Gasteiger charge is -2.31. The number of rotatable bonds is 3. The van der Waals surface area contributed by atoms with E-state index >= 15 is 0 Å². The van der Waals surface area contributed by atoms with Gasteiger partial charge < -0.3 is 20.6 Å². The number of anilines is 2. The highest BCUT2D eigenvalue weighted by Crippen LogP contribution is 2.29. The molecule has 2 amide bonds. The normalized spacial score (nSPS) is 24.5. The molecule has 0 radical (unpaired) electrons. The number of urea groups is 1. The third kappa shape index (κ3) is 4.38. The summed E-state index contributed by atoms with van der Waals surface area (Å²) in [7, 11) is 0. The molecule has 1 aliphatic heterocycles. The Morgan fingerprint density at radius 1 is 1.12 bits per heavy atom. The van der Waals surface area contributed by atoms with Crippen LogP contribution >= 0.6 is 0 Å². The van der Waals surface area contributed by atoms with Crippen LogP contribution in [0.5, 0.6) is 0 Å². The van der Waals surface area contributed by atoms with Crippen LogP contribution in [0.4, 0.5) is 20.6 Å². The first-order chi connectivity index (χ1) is 11.6. The highest BCUT2D eigenvalue weighted by Gasteiger charge is 2.22. The molecule has 24 heavy (non-hydrogen) atoms. The zero-order valence-corrected chi connectivity index (χ0v) is 13.9. The van der Waals surface area contributed by atoms with E-state index in [0.29, 0.717) is 18.5 Å². The van der Waals surface area contributed by atoms with Gasteiger partial charge in [-0.2, -0.15) is 0 Å². The molecule has 0 unspecified atom stereocenters. The average Bonchev–Trinajstić information content (AvgIpc) is 2.58. The number of halogens is 1. The van der Waals surface area contributed by atoms with Gasteiger partial charge >= 0.3 is 6.03 Å². The number of nitrogens with zero attached hydrogens (tertiary/aromatic N) is 1. The number of carbonyl (C=O) groups excluding carboxylic acids is 1. The van der Waals surface area contributed by atoms with Gasteiger partial charge in [0.2, 0.25) is 0 Å². The summed E-state index contributed by atoms with van der Waals surface area (Å²) in [5.74, 6) is -0.355. The van der Waals surface area contributed by atoms with Crippen LogP contribution in [0.1, 0.15) is 44.9 Å². The second kappa shape index (κ2) is 7.83. The molecule has 2 aliphatic rings. The SMILES string of the molecule is O=C(Nc1cc(F)ccc1N1CCCCC1)NC1CCC(O)CC1. The minimum atomic E-state index is -0.355. The molecule has 3 N–H and O–H groups in total. The topological polar surface area (TPSA) is 64.6 Å². The molecular formula is C18H26FN3O2. The fourth-order valence-corrected chi connectivity index (χ4v) is 3.58. The van der Waals surface area contributed by atoms with Crippen LogP contribution in [0.25, 0.3) is 0 Å². The van der Waals surface area contributed by atoms with Gasteiger partial charge in [-0.15, -0.1) is 0 Å². The van der Waals surface area contributed by atoms with E-state index in [1.807, 2.05) is 0 Å². The van der Waals surface area contributed by atoms with Gasteiger partial charge in [-0.05, 0) is 63.1 Å². The van der Waals surface area contributed by atoms with E-state index in [4.69, 9.17) is 0 Å². The van der Waals surface area contributed by atoms with Crippen molar-refractivity contribution in [2.24, 2.45) is 0 Å². The number of piperidine rings is 1. The molecule has 1 heterocycles. The highest BCUT2D eigenvalue weighted by atomic mass is 19.1. The Morgan fingerprint density at radius 3 is 2.54 bits per heavy atom. The van der Waals surface area contributed by atoms with Gasteiger partial charge in [-0.3, -0.25) is 0 Å². The van der Waals surface area contributed by atoms with Crippen LogP contribution in [-0.4, -0.2) is 36.4 Å². The van der Waals surface area contributed by atoms with E-state index in [0.717, 1.165) is 44.5 Å². The summed E-state index contributed by atoms with van der Waals surface area (Å²) in [5.41, 5.74) is 1.40. The summed E-state index contributed by atoms with van der Waals surface area (Å²) in [6.45, 7) is 1.87. The van der Waals surface area contributed by atoms with Crippen molar-refractivity contribution in [1.29, 1.82) is 0 Å². The molecule has 2 fully saturated rings. The molecule has 0 aromatic heterocycles. The zero-order valence-electron chi connectivity index (χ0n) is 13.9. The summed E-state index contributed by atoms with van der Waals surface area (Å²) in [5, 5.41) is 15.3. The number of hydrogen-bond acceptors (Lipinski definition) is 3. The number of amides is 2. The van der Waals surface area contributed by atoms with Crippen molar-refractivity contribution in [2.45, 2.75) is 57.1 Å². The van der Waals surface area contributed by atoms with Crippen molar-refractivity contribution in [1.82, 2.24) is 5.32 Å². The lowest BCUT2D eigenvalue weighted by molar-refractivity contribution is 0.118. The summed E-state index contributed by atoms with van der Waals surface area (Å²) < 4.78 is 13.6. The number of aliphatic hydroxyl groups is 1. The molecule has 6 heteroatoms. The van der Waals surface area contributed by atoms with Crippen LogP contribution in [-0.2, 0) is 0 Å². The van der Waals surface area contributed by atoms with Crippen LogP contribution in [0, 0.1) is 5.82 Å². The molecule has 1 saturated heterocycles. The predicted molar refractivity (Wildman–Crippen MR) is 92.9 cm³/mol. The third-order valence-corrected chi connectivity index (χ3v) is 4.94. The van der Waals surface area contributed by atoms with Gasteiger partial charge in [0.1, 0.15) is 5.82 Å². The Bertz CT molecular complexity index is 567. The minimum absolute atomic E-state index is 0.0698. The Hall–Kier alpha value is -1.82. The van der Waals surface area contributed by atoms with Crippen LogP contribution in [0.15, 0.2) is 18.2 Å². The number of carbonyl (C=O) groups is 1. The minimum Gasteiger partial charge on any atom is -0.393 e. The van der Waals surface area contributed by atoms with Gasteiger partial charge in [-0.1, -0.05) is 0 Å². The van der Waals surface area contributed by atoms with Gasteiger partial charge in [0.25, 0.3) is 0 Å². The average molecular weight is 335 g/mol. The zero-order chi connectivity index (χ0) is 16.9. The highest BCUT2D eigenvalue weighted by molar-refractivity contribution is 5.93. The monoisotopic (exact) mass is 335 g/mol. The molecule has 1 aromatic rings. The fraction of sp³-hybridized carbons (Fsp3) is 0.611. The summed E-state index contributed by atoms with van der Waals surface area (Å²) in [6.07, 6.45) is 6.18. The van der Waals surface area contributed by atoms with Gasteiger partial charge in [0.15, 0.2) is 0 Å². The van der Waals surface area contributed by atoms with E-state index in [9.17, 15) is 14.3 Å². The van der Waals surface area contributed by atoms with E-state index < -0.39 is 0 Å². The van der Waals surface area contributed by atoms with E-state index in [-0.39, 0.29) is 24.0 Å². The number of aliphatic hydroxyl groups excluding tert-OH is 1. The first-order valence-electron chi connectivity index (χ1n) is 8.92. The fourth-order valence-electron chi connectivity index (χ4n) is 3.58. The molecule has 132 valence electrons. The molecular weight excluding hydrogens is 309 g/mol. The van der Waals surface area contributed by atoms with E-state index in [2.05, 4.69) is 15.5 Å². The molecule has 5 nitrogen and oxygen atoms in total. The smallest absolute Gasteiger partial charge is 0.319 e. The number of nitrogens with one attached hydrogen (secondary N) is 2. The quantitative estimate of drug-likeness (QED) is 0.794. The second-order valence-electron chi connectivity index (χ2n) is 6.81. The van der Waals surface area contributed by atoms with Crippen LogP contribution in [0.2, 0.25) is 0 Å². The largest absolute Gasteiger partial charge is 0.393 e. The maximum atomic E-state index is 13.6. The summed E-state index contributed by atoms with van der Waals surface area (Å²) >= 11 is 0. The van der Waals surface area contributed by atoms with Gasteiger partial charge in [0.05, 0.1) is 17.5 Å². The molecule has 1 aliphatic carbocycles. The van der Waals surface area contributed by atoms with Crippen molar-refractivity contribution >= 4 is 17.4 Å². The Labute approximate surface area is 142 Å². The Morgan fingerprint density at radius 2 is 1.83 bits per heavy atom. The van der Waals surface area contributed by atoms with Gasteiger partial charge in [-0.25, -0.2) is 9.18 Å². The molecule has 3 rings (SSSR count). The summed E-state index contributed by atoms with van der Waals surface area (Å²) in [4.78, 5) is 14.5. The second-order valence-corrected chi connectivity index (χ2v) is 6.81. The van der Waals surface area contributed by atoms with Crippen molar-refractivity contribution in [2.75, 3.05) is 23.3 Å². The molecule has 1 saturated carbocycles. The van der Waals surface area contributed by atoms with E-state index in [1.54, 1.807) is 6.07 Å². The number of hydrogen-bond donors (Lipinski definition) is 3. The first-order valence-corrected chi connectivity index (χ1v) is 8.92. The maximum Gasteiger partial charge on any atom is 0.319 e. The third-order valence-electron chi connectivity index (χ3n) is 4.94. The maximum absolute atomic E-state index is 13.6. The van der Waals surface area contributed by atoms with Crippen molar-refractivity contribution in [3.63, 3.8) is 0 Å². The lowest BCUT2D eigenvalue weighted by Crippen LogP contribution is -2.41. The van der Waals surface area contributed by atoms with Crippen molar-refractivity contribution < 1.29 is 14.3 Å². The predicted octanol–water partition coefficient (Wildman–Crippen LogP) is 3.24. The molecule has 0 atom stereocenters. The molecule has 0 bridgehead atoms. The Balaban J connectivity index is 1.64. The molecule has 1 aromatic carbocycles. The van der Waals surface area contributed by atoms with Crippen LogP contribution in [0.3, 0.4) is 0 Å². The number of benzene rings is 1. The Kier molecular flexibility index (Phi) is 5.56. The van der Waals surface area contributed by atoms with Crippen LogP contribution < -0.4 is 15.5 Å². The first kappa shape index (κ1) is 17.0. The van der Waals surface area contributed by atoms with E-state index in [1.165, 1.54) is 18.6 Å². The summed E-state index contributed by atoms with van der Waals surface area (Å²) in [6, 6.07) is 4.33. The van der Waals surface area contributed by atoms with Gasteiger partial charge in [0, 0.05) is 19.1 Å². The lowest BCUT2D eigenvalue weighted by atomic mass is 9.93.